The van der Waals surface area contributed by atoms with Gasteiger partial charge in [-0.2, -0.15) is 0 Å². The summed E-state index contributed by atoms with van der Waals surface area (Å²) in [6, 6.07) is 21.4. The highest BCUT2D eigenvalue weighted by Gasteiger charge is 2.28. The summed E-state index contributed by atoms with van der Waals surface area (Å²) in [5.41, 5.74) is 3.67. The predicted octanol–water partition coefficient (Wildman–Crippen LogP) is 5.01. The van der Waals surface area contributed by atoms with Crippen molar-refractivity contribution in [1.29, 1.82) is 0 Å². The molecule has 0 fully saturated rings. The van der Waals surface area contributed by atoms with Crippen molar-refractivity contribution in [2.75, 3.05) is 21.3 Å². The van der Waals surface area contributed by atoms with Crippen LogP contribution in [0.4, 0.5) is 5.69 Å². The molecular weight excluding hydrogens is 436 g/mol. The van der Waals surface area contributed by atoms with E-state index in [1.807, 2.05) is 66.7 Å². The molecule has 1 heterocycles. The third kappa shape index (κ3) is 5.31. The molecule has 0 saturated carbocycles. The summed E-state index contributed by atoms with van der Waals surface area (Å²) in [6.45, 7) is 0.458. The average molecular weight is 463 g/mol. The summed E-state index contributed by atoms with van der Waals surface area (Å²) in [7, 11) is 4.85. The molecule has 1 amide bonds. The largest absolute Gasteiger partial charge is 0.497 e. The standard InChI is InChI=1S/C26H26N2O4S/c1-30-19-11-8-17(9-12-19)16-27-25(29)15-24-26(28-20-6-4-5-7-23(20)33-24)18-10-13-21(31-2)22(14-18)32-3/h4-14,24H,15-16H2,1-3H3,(H,27,29)/t24-/m1/s1. The molecule has 0 spiro atoms. The van der Waals surface area contributed by atoms with E-state index >= 15 is 0 Å². The van der Waals surface area contributed by atoms with Crippen LogP contribution in [0.25, 0.3) is 0 Å². The molecule has 0 radical (unpaired) electrons. The van der Waals surface area contributed by atoms with E-state index in [-0.39, 0.29) is 11.2 Å². The Kier molecular flexibility index (Phi) is 7.19. The number of para-hydroxylation sites is 1. The van der Waals surface area contributed by atoms with E-state index in [0.717, 1.165) is 33.2 Å². The fourth-order valence-corrected chi connectivity index (χ4v) is 4.86. The molecule has 1 atom stereocenters. The van der Waals surface area contributed by atoms with Crippen LogP contribution in [-0.2, 0) is 11.3 Å². The first-order valence-electron chi connectivity index (χ1n) is 10.6. The molecule has 1 N–H and O–H groups in total. The molecule has 3 aromatic rings. The summed E-state index contributed by atoms with van der Waals surface area (Å²) in [5.74, 6) is 2.04. The lowest BCUT2D eigenvalue weighted by molar-refractivity contribution is -0.121. The van der Waals surface area contributed by atoms with E-state index in [9.17, 15) is 4.79 Å². The lowest BCUT2D eigenvalue weighted by atomic mass is 10.0. The van der Waals surface area contributed by atoms with Crippen LogP contribution >= 0.6 is 11.8 Å². The zero-order valence-electron chi connectivity index (χ0n) is 18.8. The Labute approximate surface area is 198 Å². The molecule has 0 aromatic heterocycles. The molecule has 1 aliphatic rings. The number of benzene rings is 3. The molecule has 33 heavy (non-hydrogen) atoms. The Hall–Kier alpha value is -3.45. The van der Waals surface area contributed by atoms with Gasteiger partial charge in [-0.1, -0.05) is 24.3 Å². The summed E-state index contributed by atoms with van der Waals surface area (Å²) < 4.78 is 16.0. The summed E-state index contributed by atoms with van der Waals surface area (Å²) in [4.78, 5) is 18.9. The number of nitrogens with one attached hydrogen (secondary N) is 1. The number of aliphatic imine (C=N–C) groups is 1. The second-order valence-electron chi connectivity index (χ2n) is 7.47. The first kappa shape index (κ1) is 22.7. The number of rotatable bonds is 8. The number of nitrogens with zero attached hydrogens (tertiary/aromatic N) is 1. The fourth-order valence-electron chi connectivity index (χ4n) is 3.63. The predicted molar refractivity (Wildman–Crippen MR) is 131 cm³/mol. The van der Waals surface area contributed by atoms with Crippen LogP contribution in [0.2, 0.25) is 0 Å². The van der Waals surface area contributed by atoms with Crippen molar-refractivity contribution in [1.82, 2.24) is 5.32 Å². The monoisotopic (exact) mass is 462 g/mol. The maximum absolute atomic E-state index is 12.9. The third-order valence-corrected chi connectivity index (χ3v) is 6.65. The molecule has 6 nitrogen and oxygen atoms in total. The molecule has 0 unspecified atom stereocenters. The van der Waals surface area contributed by atoms with Gasteiger partial charge in [0, 0.05) is 23.4 Å². The van der Waals surface area contributed by atoms with Crippen LogP contribution in [0.15, 0.2) is 76.6 Å². The Bertz CT molecular complexity index is 1160. The number of methoxy groups -OCH3 is 3. The number of amides is 1. The lowest BCUT2D eigenvalue weighted by Crippen LogP contribution is -2.31. The highest BCUT2D eigenvalue weighted by molar-refractivity contribution is 8.01. The molecule has 170 valence electrons. The van der Waals surface area contributed by atoms with E-state index < -0.39 is 0 Å². The molecule has 3 aromatic carbocycles. The smallest absolute Gasteiger partial charge is 0.221 e. The Morgan fingerprint density at radius 2 is 1.70 bits per heavy atom. The van der Waals surface area contributed by atoms with E-state index in [0.29, 0.717) is 24.5 Å². The van der Waals surface area contributed by atoms with Crippen LogP contribution in [-0.4, -0.2) is 38.2 Å². The third-order valence-electron chi connectivity index (χ3n) is 5.38. The molecular formula is C26H26N2O4S. The van der Waals surface area contributed by atoms with Crippen molar-refractivity contribution in [2.45, 2.75) is 23.1 Å². The van der Waals surface area contributed by atoms with Gasteiger partial charge in [0.15, 0.2) is 11.5 Å². The highest BCUT2D eigenvalue weighted by Crippen LogP contribution is 2.41. The normalized spacial score (nSPS) is 14.6. The summed E-state index contributed by atoms with van der Waals surface area (Å²) >= 11 is 1.66. The van der Waals surface area contributed by atoms with Crippen LogP contribution in [0, 0.1) is 0 Å². The molecule has 7 heteroatoms. The van der Waals surface area contributed by atoms with Crippen LogP contribution < -0.4 is 19.5 Å². The van der Waals surface area contributed by atoms with Gasteiger partial charge in [-0.3, -0.25) is 9.79 Å². The van der Waals surface area contributed by atoms with Gasteiger partial charge in [-0.05, 0) is 48.0 Å². The van der Waals surface area contributed by atoms with Crippen molar-refractivity contribution >= 4 is 29.1 Å². The van der Waals surface area contributed by atoms with Gasteiger partial charge in [0.1, 0.15) is 5.75 Å². The number of fused-ring (bicyclic) bond motifs is 1. The first-order valence-corrected chi connectivity index (χ1v) is 11.5. The van der Waals surface area contributed by atoms with Crippen molar-refractivity contribution in [3.63, 3.8) is 0 Å². The van der Waals surface area contributed by atoms with Gasteiger partial charge >= 0.3 is 0 Å². The van der Waals surface area contributed by atoms with Crippen LogP contribution in [0.3, 0.4) is 0 Å². The molecule has 1 aliphatic heterocycles. The Balaban J connectivity index is 1.54. The maximum atomic E-state index is 12.9. The molecule has 0 aliphatic carbocycles. The molecule has 0 bridgehead atoms. The van der Waals surface area contributed by atoms with Gasteiger partial charge < -0.3 is 19.5 Å². The van der Waals surface area contributed by atoms with Crippen LogP contribution in [0.1, 0.15) is 17.5 Å². The number of carbonyl (C=O) groups is 1. The summed E-state index contributed by atoms with van der Waals surface area (Å²) in [5, 5.41) is 2.90. The van der Waals surface area contributed by atoms with Gasteiger partial charge in [0.05, 0.1) is 38.0 Å². The number of thioether (sulfide) groups is 1. The van der Waals surface area contributed by atoms with Crippen molar-refractivity contribution in [3.8, 4) is 17.2 Å². The average Bonchev–Trinajstić information content (AvgIpc) is 2.87. The van der Waals surface area contributed by atoms with E-state index in [1.165, 1.54) is 0 Å². The zero-order valence-corrected chi connectivity index (χ0v) is 19.6. The van der Waals surface area contributed by atoms with Gasteiger partial charge in [-0.25, -0.2) is 0 Å². The van der Waals surface area contributed by atoms with Crippen molar-refractivity contribution in [3.05, 3.63) is 77.9 Å². The van der Waals surface area contributed by atoms with Gasteiger partial charge in [0.25, 0.3) is 0 Å². The lowest BCUT2D eigenvalue weighted by Gasteiger charge is -2.25. The number of hydrogen-bond acceptors (Lipinski definition) is 6. The van der Waals surface area contributed by atoms with Crippen molar-refractivity contribution in [2.24, 2.45) is 4.99 Å². The zero-order chi connectivity index (χ0) is 23.2. The maximum Gasteiger partial charge on any atom is 0.221 e. The second kappa shape index (κ2) is 10.4. The summed E-state index contributed by atoms with van der Waals surface area (Å²) in [6.07, 6.45) is 0.308. The quantitative estimate of drug-likeness (QED) is 0.509. The second-order valence-corrected chi connectivity index (χ2v) is 8.71. The van der Waals surface area contributed by atoms with E-state index in [1.54, 1.807) is 33.1 Å². The molecule has 4 rings (SSSR count). The number of hydrogen-bond donors (Lipinski definition) is 1. The van der Waals surface area contributed by atoms with Gasteiger partial charge in [0.2, 0.25) is 5.91 Å². The Morgan fingerprint density at radius 1 is 0.939 bits per heavy atom. The molecule has 0 saturated heterocycles. The minimum Gasteiger partial charge on any atom is -0.497 e. The minimum atomic E-state index is -0.131. The fraction of sp³-hybridized carbons (Fsp3) is 0.231. The number of carbonyl (C=O) groups excluding carboxylic acids is 1. The Morgan fingerprint density at radius 3 is 2.42 bits per heavy atom. The number of ether oxygens (including phenoxy) is 3. The SMILES string of the molecule is COc1ccc(CNC(=O)C[C@H]2Sc3ccccc3N=C2c2ccc(OC)c(OC)c2)cc1. The van der Waals surface area contributed by atoms with E-state index in [2.05, 4.69) is 5.32 Å². The van der Waals surface area contributed by atoms with E-state index in [4.69, 9.17) is 19.2 Å². The van der Waals surface area contributed by atoms with Gasteiger partial charge in [-0.15, -0.1) is 11.8 Å². The topological polar surface area (TPSA) is 69.2 Å². The minimum absolute atomic E-state index is 0.0316. The highest BCUT2D eigenvalue weighted by atomic mass is 32.2. The van der Waals surface area contributed by atoms with Crippen molar-refractivity contribution < 1.29 is 19.0 Å². The first-order chi connectivity index (χ1) is 16.1. The van der Waals surface area contributed by atoms with Crippen LogP contribution in [0.5, 0.6) is 17.2 Å².